The van der Waals surface area contributed by atoms with E-state index in [4.69, 9.17) is 0 Å². The highest BCUT2D eigenvalue weighted by Gasteiger charge is 2.38. The summed E-state index contributed by atoms with van der Waals surface area (Å²) in [6.45, 7) is 6.28. The van der Waals surface area contributed by atoms with Crippen molar-refractivity contribution in [1.29, 1.82) is 0 Å². The van der Waals surface area contributed by atoms with Crippen LogP contribution in [-0.4, -0.2) is 39.4 Å². The third kappa shape index (κ3) is 2.74. The molecular weight excluding hydrogens is 266 g/mol. The number of phenols is 2. The fourth-order valence-corrected chi connectivity index (χ4v) is 3.96. The van der Waals surface area contributed by atoms with E-state index in [1.54, 1.807) is 12.1 Å². The molecule has 0 aromatic heterocycles. The van der Waals surface area contributed by atoms with E-state index in [0.29, 0.717) is 18.3 Å². The summed E-state index contributed by atoms with van der Waals surface area (Å²) >= 11 is 0. The molecule has 4 heteroatoms. The van der Waals surface area contributed by atoms with Crippen molar-refractivity contribution >= 4 is 0 Å². The molecule has 2 aliphatic rings. The second-order valence-corrected chi connectivity index (χ2v) is 6.99. The number of fused-ring (bicyclic) bond motifs is 3. The molecule has 1 fully saturated rings. The Morgan fingerprint density at radius 3 is 2.67 bits per heavy atom. The van der Waals surface area contributed by atoms with Gasteiger partial charge in [0.1, 0.15) is 0 Å². The summed E-state index contributed by atoms with van der Waals surface area (Å²) in [5.74, 6) is 0.832. The van der Waals surface area contributed by atoms with Gasteiger partial charge >= 0.3 is 0 Å². The van der Waals surface area contributed by atoms with Crippen molar-refractivity contribution in [3.63, 3.8) is 0 Å². The number of hydrogen-bond donors (Lipinski definition) is 3. The largest absolute Gasteiger partial charge is 0.504 e. The normalized spacial score (nSPS) is 29.2. The summed E-state index contributed by atoms with van der Waals surface area (Å²) < 4.78 is 0. The smallest absolute Gasteiger partial charge is 0.157 e. The van der Waals surface area contributed by atoms with Gasteiger partial charge in [-0.15, -0.1) is 0 Å². The van der Waals surface area contributed by atoms with Crippen molar-refractivity contribution in [3.8, 4) is 11.5 Å². The summed E-state index contributed by atoms with van der Waals surface area (Å²) in [4.78, 5) is 2.43. The predicted octanol–water partition coefficient (Wildman–Crippen LogP) is 2.42. The first-order valence-electron chi connectivity index (χ1n) is 7.92. The number of benzene rings is 1. The highest BCUT2D eigenvalue weighted by Crippen LogP contribution is 2.42. The second kappa shape index (κ2) is 5.50. The Kier molecular flexibility index (Phi) is 3.84. The van der Waals surface area contributed by atoms with Crippen LogP contribution in [0, 0.1) is 11.8 Å². The number of aliphatic hydroxyl groups is 1. The average Bonchev–Trinajstić information content (AvgIpc) is 2.41. The van der Waals surface area contributed by atoms with Gasteiger partial charge in [-0.05, 0) is 54.4 Å². The number of hydrogen-bond acceptors (Lipinski definition) is 4. The molecule has 2 heterocycles. The molecule has 1 saturated heterocycles. The van der Waals surface area contributed by atoms with Crippen molar-refractivity contribution in [2.45, 2.75) is 45.3 Å². The molecule has 3 N–H and O–H groups in total. The van der Waals surface area contributed by atoms with Crippen LogP contribution in [0.15, 0.2) is 12.1 Å². The monoisotopic (exact) mass is 291 g/mol. The molecule has 0 radical (unpaired) electrons. The van der Waals surface area contributed by atoms with Crippen molar-refractivity contribution < 1.29 is 15.3 Å². The van der Waals surface area contributed by atoms with Crippen LogP contribution in [0.2, 0.25) is 0 Å². The molecule has 2 aliphatic heterocycles. The van der Waals surface area contributed by atoms with Gasteiger partial charge in [0.15, 0.2) is 11.5 Å². The summed E-state index contributed by atoms with van der Waals surface area (Å²) in [5.41, 5.74) is 2.17. The summed E-state index contributed by atoms with van der Waals surface area (Å²) in [7, 11) is 0. The zero-order valence-electron chi connectivity index (χ0n) is 12.8. The van der Waals surface area contributed by atoms with Crippen LogP contribution in [0.1, 0.15) is 43.9 Å². The Bertz CT molecular complexity index is 529. The number of nitrogens with zero attached hydrogens (tertiary/aromatic N) is 1. The molecule has 3 atom stereocenters. The van der Waals surface area contributed by atoms with Crippen LogP contribution in [0.3, 0.4) is 0 Å². The number of piperidine rings is 1. The van der Waals surface area contributed by atoms with Gasteiger partial charge in [0.25, 0.3) is 0 Å². The summed E-state index contributed by atoms with van der Waals surface area (Å²) in [5, 5.41) is 29.9. The van der Waals surface area contributed by atoms with E-state index in [-0.39, 0.29) is 23.6 Å². The zero-order chi connectivity index (χ0) is 15.1. The molecule has 0 saturated carbocycles. The van der Waals surface area contributed by atoms with Gasteiger partial charge in [-0.25, -0.2) is 0 Å². The fourth-order valence-electron chi connectivity index (χ4n) is 3.96. The Labute approximate surface area is 126 Å². The number of rotatable bonds is 2. The minimum absolute atomic E-state index is 0.0451. The van der Waals surface area contributed by atoms with Crippen LogP contribution in [0.4, 0.5) is 0 Å². The lowest BCUT2D eigenvalue weighted by atomic mass is 9.79. The lowest BCUT2D eigenvalue weighted by Gasteiger charge is -2.46. The van der Waals surface area contributed by atoms with E-state index in [2.05, 4.69) is 18.7 Å². The maximum absolute atomic E-state index is 10.5. The molecule has 0 amide bonds. The van der Waals surface area contributed by atoms with Gasteiger partial charge in [-0.2, -0.15) is 0 Å². The predicted molar refractivity (Wildman–Crippen MR) is 81.4 cm³/mol. The van der Waals surface area contributed by atoms with Crippen LogP contribution < -0.4 is 0 Å². The number of phenolic OH excluding ortho intramolecular Hbond substituents is 2. The molecule has 21 heavy (non-hydrogen) atoms. The van der Waals surface area contributed by atoms with Gasteiger partial charge < -0.3 is 15.3 Å². The number of aliphatic hydroxyl groups excluding tert-OH is 1. The van der Waals surface area contributed by atoms with E-state index in [9.17, 15) is 15.3 Å². The summed E-state index contributed by atoms with van der Waals surface area (Å²) in [6.07, 6.45) is 2.38. The molecule has 0 bridgehead atoms. The SMILES string of the molecule is CC(C)C[C@H]1CN2CCc3cc(O)c(O)cc3[C@@H]2C[C@H]1O. The zero-order valence-corrected chi connectivity index (χ0v) is 12.8. The minimum Gasteiger partial charge on any atom is -0.504 e. The molecule has 3 rings (SSSR count). The van der Waals surface area contributed by atoms with Crippen molar-refractivity contribution in [2.24, 2.45) is 11.8 Å². The maximum Gasteiger partial charge on any atom is 0.157 e. The highest BCUT2D eigenvalue weighted by molar-refractivity contribution is 5.48. The van der Waals surface area contributed by atoms with Crippen molar-refractivity contribution in [3.05, 3.63) is 23.3 Å². The van der Waals surface area contributed by atoms with Crippen LogP contribution in [0.5, 0.6) is 11.5 Å². The molecule has 1 aromatic rings. The third-order valence-electron chi connectivity index (χ3n) is 4.96. The quantitative estimate of drug-likeness (QED) is 0.732. The second-order valence-electron chi connectivity index (χ2n) is 6.99. The maximum atomic E-state index is 10.5. The number of aromatic hydroxyl groups is 2. The third-order valence-corrected chi connectivity index (χ3v) is 4.96. The van der Waals surface area contributed by atoms with E-state index in [1.807, 2.05) is 0 Å². The molecule has 0 spiro atoms. The molecule has 4 nitrogen and oxygen atoms in total. The minimum atomic E-state index is -0.282. The van der Waals surface area contributed by atoms with E-state index < -0.39 is 0 Å². The topological polar surface area (TPSA) is 63.9 Å². The van der Waals surface area contributed by atoms with Gasteiger partial charge in [-0.1, -0.05) is 13.8 Å². The highest BCUT2D eigenvalue weighted by atomic mass is 16.3. The molecule has 0 unspecified atom stereocenters. The van der Waals surface area contributed by atoms with E-state index in [1.165, 1.54) is 0 Å². The Balaban J connectivity index is 1.85. The molecule has 116 valence electrons. The first kappa shape index (κ1) is 14.7. The van der Waals surface area contributed by atoms with Crippen molar-refractivity contribution in [2.75, 3.05) is 13.1 Å². The lowest BCUT2D eigenvalue weighted by Crippen LogP contribution is -2.48. The van der Waals surface area contributed by atoms with Crippen LogP contribution >= 0.6 is 0 Å². The molecule has 1 aromatic carbocycles. The van der Waals surface area contributed by atoms with Crippen LogP contribution in [0.25, 0.3) is 0 Å². The average molecular weight is 291 g/mol. The van der Waals surface area contributed by atoms with Gasteiger partial charge in [0.05, 0.1) is 6.10 Å². The lowest BCUT2D eigenvalue weighted by molar-refractivity contribution is -0.0191. The van der Waals surface area contributed by atoms with E-state index in [0.717, 1.165) is 37.1 Å². The first-order valence-corrected chi connectivity index (χ1v) is 7.92. The first-order chi connectivity index (χ1) is 9.95. The Morgan fingerprint density at radius 1 is 1.24 bits per heavy atom. The molecule has 0 aliphatic carbocycles. The van der Waals surface area contributed by atoms with Gasteiger partial charge in [0.2, 0.25) is 0 Å². The van der Waals surface area contributed by atoms with Gasteiger partial charge in [-0.3, -0.25) is 4.90 Å². The van der Waals surface area contributed by atoms with E-state index >= 15 is 0 Å². The van der Waals surface area contributed by atoms with Crippen molar-refractivity contribution in [1.82, 2.24) is 4.90 Å². The standard InChI is InChI=1S/C17H25NO3/c1-10(2)5-12-9-18-4-3-11-6-16(20)17(21)7-13(11)14(18)8-15(12)19/h6-7,10,12,14-15,19-21H,3-5,8-9H2,1-2H3/t12-,14-,15+/m0/s1. The Hall–Kier alpha value is -1.26. The Morgan fingerprint density at radius 2 is 1.95 bits per heavy atom. The van der Waals surface area contributed by atoms with Crippen LogP contribution in [-0.2, 0) is 6.42 Å². The fraction of sp³-hybridized carbons (Fsp3) is 0.647. The van der Waals surface area contributed by atoms with Gasteiger partial charge in [0, 0.05) is 19.1 Å². The molecular formula is C17H25NO3. The summed E-state index contributed by atoms with van der Waals surface area (Å²) in [6, 6.07) is 3.52.